The van der Waals surface area contributed by atoms with E-state index in [0.717, 1.165) is 16.5 Å². The first kappa shape index (κ1) is 16.1. The third-order valence-electron chi connectivity index (χ3n) is 4.09. The Balaban J connectivity index is 1.63. The van der Waals surface area contributed by atoms with E-state index in [0.29, 0.717) is 16.5 Å². The van der Waals surface area contributed by atoms with Crippen LogP contribution in [0.4, 0.5) is 19.0 Å². The predicted molar refractivity (Wildman–Crippen MR) is 86.7 cm³/mol. The van der Waals surface area contributed by atoms with Gasteiger partial charge in [-0.05, 0) is 31.0 Å². The van der Waals surface area contributed by atoms with Crippen LogP contribution in [0.2, 0.25) is 5.02 Å². The fraction of sp³-hybridized carbons (Fsp3) is 0.312. The summed E-state index contributed by atoms with van der Waals surface area (Å²) >= 11 is 6.01. The van der Waals surface area contributed by atoms with E-state index < -0.39 is 12.0 Å². The summed E-state index contributed by atoms with van der Waals surface area (Å²) in [5.41, 5.74) is 1.66. The first-order chi connectivity index (χ1) is 11.8. The molecule has 4 rings (SSSR count). The number of aryl methyl sites for hydroxylation is 1. The summed E-state index contributed by atoms with van der Waals surface area (Å²) in [6.45, 7) is 1.70. The van der Waals surface area contributed by atoms with Crippen LogP contribution in [-0.2, 0) is 6.18 Å². The van der Waals surface area contributed by atoms with Crippen molar-refractivity contribution in [2.45, 2.75) is 31.5 Å². The average Bonchev–Trinajstić information content (AvgIpc) is 3.13. The molecule has 1 aromatic carbocycles. The summed E-state index contributed by atoms with van der Waals surface area (Å²) < 4.78 is 39.7. The van der Waals surface area contributed by atoms with E-state index in [1.54, 1.807) is 19.1 Å². The molecule has 1 aliphatic rings. The molecule has 2 unspecified atom stereocenters. The Morgan fingerprint density at radius 1 is 1.24 bits per heavy atom. The second kappa shape index (κ2) is 5.59. The van der Waals surface area contributed by atoms with Gasteiger partial charge in [0, 0.05) is 28.7 Å². The molecule has 0 spiro atoms. The summed E-state index contributed by atoms with van der Waals surface area (Å²) in [5.74, 6) is -0.571. The number of aromatic nitrogens is 4. The fourth-order valence-electron chi connectivity index (χ4n) is 2.86. The van der Waals surface area contributed by atoms with E-state index in [4.69, 9.17) is 11.6 Å². The van der Waals surface area contributed by atoms with Crippen molar-refractivity contribution in [3.8, 4) is 0 Å². The molecule has 1 aliphatic carbocycles. The Morgan fingerprint density at radius 3 is 2.76 bits per heavy atom. The minimum Gasteiger partial charge on any atom is -0.366 e. The van der Waals surface area contributed by atoms with Crippen LogP contribution in [0.3, 0.4) is 0 Å². The number of hydrogen-bond acceptors (Lipinski definition) is 4. The van der Waals surface area contributed by atoms with Gasteiger partial charge in [-0.3, -0.25) is 0 Å². The molecular formula is C16H13ClF3N5. The lowest BCUT2D eigenvalue weighted by Gasteiger charge is -2.08. The van der Waals surface area contributed by atoms with Gasteiger partial charge >= 0.3 is 6.18 Å². The second-order valence-corrected chi connectivity index (χ2v) is 6.51. The van der Waals surface area contributed by atoms with Gasteiger partial charge in [0.15, 0.2) is 0 Å². The highest BCUT2D eigenvalue weighted by atomic mass is 35.5. The van der Waals surface area contributed by atoms with Gasteiger partial charge in [-0.15, -0.1) is 5.10 Å². The highest BCUT2D eigenvalue weighted by molar-refractivity contribution is 6.30. The monoisotopic (exact) mass is 367 g/mol. The van der Waals surface area contributed by atoms with Gasteiger partial charge in [-0.2, -0.15) is 22.7 Å². The van der Waals surface area contributed by atoms with E-state index in [1.807, 2.05) is 18.2 Å². The minimum atomic E-state index is -4.61. The van der Waals surface area contributed by atoms with Gasteiger partial charge in [0.25, 0.3) is 11.6 Å². The first-order valence-corrected chi connectivity index (χ1v) is 8.03. The third kappa shape index (κ3) is 3.13. The largest absolute Gasteiger partial charge is 0.453 e. The standard InChI is InChI=1S/C16H13ClF3N5/c1-8-5-13(25-15(21-8)23-14(24-25)16(18,19)20)22-12-7-11(12)9-3-2-4-10(17)6-9/h2-6,11-12,22H,7H2,1H3. The van der Waals surface area contributed by atoms with Crippen molar-refractivity contribution in [2.24, 2.45) is 0 Å². The Hall–Kier alpha value is -2.35. The molecule has 2 atom stereocenters. The second-order valence-electron chi connectivity index (χ2n) is 6.08. The topological polar surface area (TPSA) is 55.1 Å². The maximum atomic E-state index is 12.9. The van der Waals surface area contributed by atoms with Crippen molar-refractivity contribution in [1.82, 2.24) is 19.6 Å². The van der Waals surface area contributed by atoms with Crippen LogP contribution in [0.15, 0.2) is 30.3 Å². The van der Waals surface area contributed by atoms with Crippen molar-refractivity contribution in [3.05, 3.63) is 52.4 Å². The lowest BCUT2D eigenvalue weighted by Crippen LogP contribution is -2.11. The molecule has 1 fully saturated rings. The summed E-state index contributed by atoms with van der Waals surface area (Å²) in [4.78, 5) is 7.50. The van der Waals surface area contributed by atoms with E-state index in [9.17, 15) is 13.2 Å². The van der Waals surface area contributed by atoms with Gasteiger partial charge in [0.05, 0.1) is 0 Å². The molecule has 130 valence electrons. The fourth-order valence-corrected chi connectivity index (χ4v) is 3.06. The summed E-state index contributed by atoms with van der Waals surface area (Å²) in [7, 11) is 0. The maximum Gasteiger partial charge on any atom is 0.453 e. The quantitative estimate of drug-likeness (QED) is 0.758. The molecular weight excluding hydrogens is 355 g/mol. The molecule has 5 nitrogen and oxygen atoms in total. The van der Waals surface area contributed by atoms with Gasteiger partial charge in [0.2, 0.25) is 0 Å². The SMILES string of the molecule is Cc1cc(NC2CC2c2cccc(Cl)c2)n2nc(C(F)(F)F)nc2n1. The zero-order valence-corrected chi connectivity index (χ0v) is 13.8. The molecule has 0 bridgehead atoms. The summed E-state index contributed by atoms with van der Waals surface area (Å²) in [5, 5.41) is 7.46. The summed E-state index contributed by atoms with van der Waals surface area (Å²) in [6.07, 6.45) is -3.74. The van der Waals surface area contributed by atoms with Crippen molar-refractivity contribution < 1.29 is 13.2 Å². The van der Waals surface area contributed by atoms with Gasteiger partial charge < -0.3 is 5.32 Å². The van der Waals surface area contributed by atoms with Crippen LogP contribution in [-0.4, -0.2) is 25.6 Å². The highest BCUT2D eigenvalue weighted by Crippen LogP contribution is 2.43. The third-order valence-corrected chi connectivity index (χ3v) is 4.33. The van der Waals surface area contributed by atoms with Gasteiger partial charge in [-0.25, -0.2) is 4.98 Å². The molecule has 3 aromatic rings. The first-order valence-electron chi connectivity index (χ1n) is 7.65. The Morgan fingerprint density at radius 2 is 2.04 bits per heavy atom. The molecule has 0 saturated heterocycles. The summed E-state index contributed by atoms with van der Waals surface area (Å²) in [6, 6.07) is 9.34. The predicted octanol–water partition coefficient (Wildman–Crippen LogP) is 4.07. The number of anilines is 1. The Labute approximate surface area is 145 Å². The van der Waals surface area contributed by atoms with Crippen molar-refractivity contribution in [3.63, 3.8) is 0 Å². The van der Waals surface area contributed by atoms with Crippen LogP contribution in [0, 0.1) is 6.92 Å². The van der Waals surface area contributed by atoms with E-state index in [2.05, 4.69) is 20.4 Å². The molecule has 1 saturated carbocycles. The van der Waals surface area contributed by atoms with Gasteiger partial charge in [-0.1, -0.05) is 23.7 Å². The zero-order chi connectivity index (χ0) is 17.8. The molecule has 9 heteroatoms. The Kier molecular flexibility index (Phi) is 3.61. The number of alkyl halides is 3. The molecule has 0 aliphatic heterocycles. The van der Waals surface area contributed by atoms with Crippen molar-refractivity contribution >= 4 is 23.2 Å². The number of hydrogen-bond donors (Lipinski definition) is 1. The molecule has 25 heavy (non-hydrogen) atoms. The molecule has 0 radical (unpaired) electrons. The van der Waals surface area contributed by atoms with E-state index >= 15 is 0 Å². The maximum absolute atomic E-state index is 12.9. The lowest BCUT2D eigenvalue weighted by atomic mass is 10.1. The zero-order valence-electron chi connectivity index (χ0n) is 13.0. The number of nitrogens with zero attached hydrogens (tertiary/aromatic N) is 4. The van der Waals surface area contributed by atoms with E-state index in [-0.39, 0.29) is 17.7 Å². The molecule has 2 aromatic heterocycles. The van der Waals surface area contributed by atoms with Crippen LogP contribution in [0.25, 0.3) is 5.78 Å². The smallest absolute Gasteiger partial charge is 0.366 e. The molecule has 2 heterocycles. The minimum absolute atomic E-state index is 0.0743. The molecule has 0 amide bonds. The number of fused-ring (bicyclic) bond motifs is 1. The number of rotatable bonds is 3. The van der Waals surface area contributed by atoms with Crippen LogP contribution in [0.5, 0.6) is 0 Å². The number of benzene rings is 1. The Bertz CT molecular complexity index is 953. The lowest BCUT2D eigenvalue weighted by molar-refractivity contribution is -0.144. The van der Waals surface area contributed by atoms with E-state index in [1.165, 1.54) is 0 Å². The van der Waals surface area contributed by atoms with Crippen LogP contribution in [0.1, 0.15) is 29.4 Å². The average molecular weight is 368 g/mol. The van der Waals surface area contributed by atoms with Crippen molar-refractivity contribution in [2.75, 3.05) is 5.32 Å². The highest BCUT2D eigenvalue weighted by Gasteiger charge is 2.40. The normalized spacial score (nSPS) is 20.0. The van der Waals surface area contributed by atoms with Gasteiger partial charge in [0.1, 0.15) is 5.82 Å². The number of halogens is 4. The molecule has 1 N–H and O–H groups in total. The van der Waals surface area contributed by atoms with Crippen LogP contribution < -0.4 is 5.32 Å². The van der Waals surface area contributed by atoms with Crippen molar-refractivity contribution in [1.29, 1.82) is 0 Å². The van der Waals surface area contributed by atoms with Crippen LogP contribution >= 0.6 is 11.6 Å². The number of nitrogens with one attached hydrogen (secondary N) is 1.